The number of rotatable bonds is 10. The van der Waals surface area contributed by atoms with Crippen LogP contribution in [0.5, 0.6) is 0 Å². The van der Waals surface area contributed by atoms with Crippen molar-refractivity contribution in [3.05, 3.63) is 114 Å². The average Bonchev–Trinajstić information content (AvgIpc) is 3.92. The van der Waals surface area contributed by atoms with Crippen molar-refractivity contribution in [1.29, 1.82) is 0 Å². The molecule has 6 aromatic rings. The van der Waals surface area contributed by atoms with E-state index in [-0.39, 0.29) is 11.8 Å². The third-order valence-electron chi connectivity index (χ3n) is 9.91. The molecule has 2 amide bonds. The molecule has 0 bridgehead atoms. The molecule has 0 atom stereocenters. The number of piperidine rings is 2. The molecule has 8 rings (SSSR count). The van der Waals surface area contributed by atoms with E-state index < -0.39 is 20.0 Å². The summed E-state index contributed by atoms with van der Waals surface area (Å²) in [6, 6.07) is 20.4. The van der Waals surface area contributed by atoms with Crippen LogP contribution < -0.4 is 10.6 Å². The van der Waals surface area contributed by atoms with Crippen LogP contribution >= 0.6 is 0 Å². The maximum Gasteiger partial charge on any atom is 0.253 e. The summed E-state index contributed by atoms with van der Waals surface area (Å²) in [7, 11) is -6.87. The Morgan fingerprint density at radius 3 is 1.61 bits per heavy atom. The molecule has 4 N–H and O–H groups in total. The van der Waals surface area contributed by atoms with Gasteiger partial charge in [-0.15, -0.1) is 0 Å². The molecule has 0 spiro atoms. The number of aromatic amines is 2. The quantitative estimate of drug-likeness (QED) is 0.151. The van der Waals surface area contributed by atoms with Crippen LogP contribution in [0.15, 0.2) is 101 Å². The SMILES string of the molecule is O=C(NCc1ccc(S(=O)(=O)N2CCCCC2)cc1)c1ccc2[nH]ncc2c1.O=C(NCc1ccc(S(=O)(=O)N2CCCCC2)cc1)c1cnc2[nH]ncc2c1. The van der Waals surface area contributed by atoms with E-state index in [1.54, 1.807) is 87.7 Å². The monoisotopic (exact) mass is 797 g/mol. The minimum absolute atomic E-state index is 0.187. The minimum atomic E-state index is -3.44. The highest BCUT2D eigenvalue weighted by atomic mass is 32.2. The topological polar surface area (TPSA) is 203 Å². The number of pyridine rings is 1. The van der Waals surface area contributed by atoms with Crippen LogP contribution in [-0.4, -0.2) is 88.8 Å². The Hall–Kier alpha value is -5.49. The molecule has 0 radical (unpaired) electrons. The molecule has 56 heavy (non-hydrogen) atoms. The van der Waals surface area contributed by atoms with Crippen molar-refractivity contribution >= 4 is 53.8 Å². The van der Waals surface area contributed by atoms with Crippen LogP contribution in [0.25, 0.3) is 21.9 Å². The van der Waals surface area contributed by atoms with Crippen LogP contribution in [0, 0.1) is 0 Å². The Morgan fingerprint density at radius 1 is 0.571 bits per heavy atom. The maximum atomic E-state index is 12.7. The highest BCUT2D eigenvalue weighted by Crippen LogP contribution is 2.23. The molecule has 0 unspecified atom stereocenters. The van der Waals surface area contributed by atoms with E-state index in [0.29, 0.717) is 65.8 Å². The van der Waals surface area contributed by atoms with E-state index in [4.69, 9.17) is 0 Å². The lowest BCUT2D eigenvalue weighted by atomic mass is 10.1. The number of H-pyrrole nitrogens is 2. The van der Waals surface area contributed by atoms with E-state index in [9.17, 15) is 26.4 Å². The van der Waals surface area contributed by atoms with Gasteiger partial charge in [0.25, 0.3) is 11.8 Å². The summed E-state index contributed by atoms with van der Waals surface area (Å²) in [5.41, 5.74) is 4.17. The third-order valence-corrected chi connectivity index (χ3v) is 13.7. The number of amides is 2. The molecule has 2 fully saturated rings. The van der Waals surface area contributed by atoms with E-state index in [0.717, 1.165) is 65.9 Å². The number of hydrogen-bond acceptors (Lipinski definition) is 9. The maximum absolute atomic E-state index is 12.7. The lowest BCUT2D eigenvalue weighted by Crippen LogP contribution is -2.35. The van der Waals surface area contributed by atoms with Crippen LogP contribution in [0.4, 0.5) is 0 Å². The van der Waals surface area contributed by atoms with Crippen molar-refractivity contribution in [1.82, 2.24) is 44.6 Å². The molecule has 2 aliphatic heterocycles. The summed E-state index contributed by atoms with van der Waals surface area (Å²) in [4.78, 5) is 29.4. The second-order valence-corrected chi connectivity index (χ2v) is 17.7. The highest BCUT2D eigenvalue weighted by molar-refractivity contribution is 7.89. The molecule has 3 aromatic carbocycles. The second kappa shape index (κ2) is 17.1. The summed E-state index contributed by atoms with van der Waals surface area (Å²) in [6.45, 7) is 2.95. The smallest absolute Gasteiger partial charge is 0.253 e. The van der Waals surface area contributed by atoms with Crippen molar-refractivity contribution in [3.8, 4) is 0 Å². The normalized spacial score (nSPS) is 15.6. The molecule has 15 nitrogen and oxygen atoms in total. The first kappa shape index (κ1) is 38.8. The Morgan fingerprint density at radius 2 is 1.05 bits per heavy atom. The summed E-state index contributed by atoms with van der Waals surface area (Å²) >= 11 is 0. The predicted octanol–water partition coefficient (Wildman–Crippen LogP) is 4.73. The first-order valence-electron chi connectivity index (χ1n) is 18.5. The number of nitrogens with one attached hydrogen (secondary N) is 4. The fraction of sp³-hybridized carbons (Fsp3) is 0.308. The molecular formula is C39H43N9O6S2. The van der Waals surface area contributed by atoms with Crippen molar-refractivity contribution < 1.29 is 26.4 Å². The third kappa shape index (κ3) is 8.97. The van der Waals surface area contributed by atoms with E-state index >= 15 is 0 Å². The van der Waals surface area contributed by atoms with Crippen LogP contribution in [-0.2, 0) is 33.1 Å². The zero-order chi connectivity index (χ0) is 39.1. The number of hydrogen-bond donors (Lipinski definition) is 4. The van der Waals surface area contributed by atoms with Gasteiger partial charge in [-0.25, -0.2) is 21.8 Å². The van der Waals surface area contributed by atoms with Gasteiger partial charge in [0.05, 0.1) is 33.3 Å². The van der Waals surface area contributed by atoms with Crippen molar-refractivity contribution in [3.63, 3.8) is 0 Å². The largest absolute Gasteiger partial charge is 0.348 e. The molecule has 2 saturated heterocycles. The van der Waals surface area contributed by atoms with Crippen LogP contribution in [0.2, 0.25) is 0 Å². The first-order chi connectivity index (χ1) is 27.1. The predicted molar refractivity (Wildman–Crippen MR) is 210 cm³/mol. The van der Waals surface area contributed by atoms with Gasteiger partial charge in [0.2, 0.25) is 20.0 Å². The molecule has 17 heteroatoms. The highest BCUT2D eigenvalue weighted by Gasteiger charge is 2.27. The molecule has 3 aromatic heterocycles. The van der Waals surface area contributed by atoms with Gasteiger partial charge in [-0.05, 0) is 85.3 Å². The number of sulfonamides is 2. The van der Waals surface area contributed by atoms with Gasteiger partial charge in [0.1, 0.15) is 0 Å². The fourth-order valence-electron chi connectivity index (χ4n) is 6.68. The standard InChI is InChI=1S/C20H22N4O3S.C19H21N5O3S/c25-20(16-6-9-19-17(12-16)14-22-23-19)21-13-15-4-7-18(8-5-15)28(26,27)24-10-2-1-3-11-24;25-19(16-10-15-13-22-23-18(15)20-12-16)21-11-14-4-6-17(7-5-14)28(26,27)24-8-2-1-3-9-24/h4-9,12,14H,1-3,10-11,13H2,(H,21,25)(H,22,23);4-7,10,12-13H,1-3,8-9,11H2,(H,21,25)(H,20,22,23). The second-order valence-electron chi connectivity index (χ2n) is 13.8. The van der Waals surface area contributed by atoms with E-state index in [1.807, 2.05) is 6.07 Å². The van der Waals surface area contributed by atoms with Crippen molar-refractivity contribution in [2.24, 2.45) is 0 Å². The Labute approximate surface area is 325 Å². The number of carbonyl (C=O) groups excluding carboxylic acids is 2. The Balaban J connectivity index is 0.000000172. The summed E-state index contributed by atoms with van der Waals surface area (Å²) in [6.07, 6.45) is 10.6. The number of carbonyl (C=O) groups is 2. The van der Waals surface area contributed by atoms with Crippen molar-refractivity contribution in [2.45, 2.75) is 61.4 Å². The minimum Gasteiger partial charge on any atom is -0.348 e. The Kier molecular flexibility index (Phi) is 11.8. The van der Waals surface area contributed by atoms with Crippen LogP contribution in [0.3, 0.4) is 0 Å². The molecule has 0 saturated carbocycles. The molecule has 292 valence electrons. The van der Waals surface area contributed by atoms with Gasteiger partial charge in [0, 0.05) is 61.8 Å². The van der Waals surface area contributed by atoms with Gasteiger partial charge in [0.15, 0.2) is 5.65 Å². The van der Waals surface area contributed by atoms with Gasteiger partial charge < -0.3 is 10.6 Å². The van der Waals surface area contributed by atoms with Crippen LogP contribution in [0.1, 0.15) is 70.4 Å². The lowest BCUT2D eigenvalue weighted by Gasteiger charge is -2.25. The fourth-order valence-corrected chi connectivity index (χ4v) is 9.71. The van der Waals surface area contributed by atoms with E-state index in [2.05, 4.69) is 36.0 Å². The summed E-state index contributed by atoms with van der Waals surface area (Å²) in [5, 5.41) is 20.7. The number of nitrogens with zero attached hydrogens (tertiary/aromatic N) is 5. The molecule has 5 heterocycles. The number of aromatic nitrogens is 5. The number of benzene rings is 3. The van der Waals surface area contributed by atoms with E-state index in [1.165, 1.54) is 6.20 Å². The molecule has 2 aliphatic rings. The Bertz CT molecular complexity index is 2350. The van der Waals surface area contributed by atoms with Gasteiger partial charge in [-0.3, -0.25) is 19.8 Å². The van der Waals surface area contributed by atoms with Gasteiger partial charge in [-0.1, -0.05) is 37.1 Å². The van der Waals surface area contributed by atoms with Crippen molar-refractivity contribution in [2.75, 3.05) is 26.2 Å². The van der Waals surface area contributed by atoms with Gasteiger partial charge in [-0.2, -0.15) is 18.8 Å². The van der Waals surface area contributed by atoms with Gasteiger partial charge >= 0.3 is 0 Å². The lowest BCUT2D eigenvalue weighted by molar-refractivity contribution is 0.0943. The summed E-state index contributed by atoms with van der Waals surface area (Å²) in [5.74, 6) is -0.436. The molecular weight excluding hydrogens is 755 g/mol. The zero-order valence-corrected chi connectivity index (χ0v) is 32.3. The number of fused-ring (bicyclic) bond motifs is 2. The average molecular weight is 798 g/mol. The first-order valence-corrected chi connectivity index (χ1v) is 21.4. The molecule has 0 aliphatic carbocycles. The summed E-state index contributed by atoms with van der Waals surface area (Å²) < 4.78 is 53.8. The zero-order valence-electron chi connectivity index (χ0n) is 30.6.